The van der Waals surface area contributed by atoms with Gasteiger partial charge in [0.2, 0.25) is 0 Å². The Balaban J connectivity index is 2.03. The average molecular weight is 647 g/mol. The third kappa shape index (κ3) is 6.06. The first kappa shape index (κ1) is 30.8. The number of ether oxygens (including phenoxy) is 1. The maximum atomic E-state index is 14.8. The van der Waals surface area contributed by atoms with Crippen molar-refractivity contribution in [2.45, 2.75) is 95.2 Å². The standard InChI is InChI=1S/C24H22NO2.3C4H9.Sn/c1-2-27-24(26)23-22(20-16-10-5-11-17-20)25(23)21(18-12-6-3-7-13-18)19-14-8-4-9-15-19;3*1-3-4-2;/h3-17,21-22H,2H2,1H3;3*1,3-4H2,2H3;/t22-,25?;;;;/m1..../s1. The van der Waals surface area contributed by atoms with Crippen molar-refractivity contribution in [2.24, 2.45) is 0 Å². The summed E-state index contributed by atoms with van der Waals surface area (Å²) >= 11 is -3.33. The van der Waals surface area contributed by atoms with E-state index >= 15 is 0 Å². The molecule has 1 aliphatic heterocycles. The van der Waals surface area contributed by atoms with Crippen LogP contribution in [0.5, 0.6) is 0 Å². The van der Waals surface area contributed by atoms with Crippen LogP contribution in [-0.2, 0) is 9.53 Å². The van der Waals surface area contributed by atoms with Gasteiger partial charge in [0.1, 0.15) is 0 Å². The first-order valence-electron chi connectivity index (χ1n) is 15.7. The molecule has 4 rings (SSSR count). The topological polar surface area (TPSA) is 29.3 Å². The molecule has 4 heteroatoms. The first-order valence-corrected chi connectivity index (χ1v) is 23.2. The van der Waals surface area contributed by atoms with Gasteiger partial charge in [0.25, 0.3) is 0 Å². The van der Waals surface area contributed by atoms with Crippen molar-refractivity contribution >= 4 is 24.3 Å². The van der Waals surface area contributed by atoms with Gasteiger partial charge >= 0.3 is 248 Å². The number of unbranched alkanes of at least 4 members (excludes halogenated alkanes) is 3. The Hall–Kier alpha value is -2.11. The van der Waals surface area contributed by atoms with Crippen LogP contribution in [0, 0.1) is 0 Å². The molecule has 214 valence electrons. The van der Waals surface area contributed by atoms with Gasteiger partial charge in [0.15, 0.2) is 0 Å². The number of carbonyl (C=O) groups excluding carboxylic acids is 1. The van der Waals surface area contributed by atoms with E-state index in [1.165, 1.54) is 68.5 Å². The molecule has 1 heterocycles. The first-order chi connectivity index (χ1) is 19.6. The zero-order valence-electron chi connectivity index (χ0n) is 25.1. The minimum absolute atomic E-state index is 0.00188. The molecule has 40 heavy (non-hydrogen) atoms. The van der Waals surface area contributed by atoms with Gasteiger partial charge in [-0.05, 0) is 0 Å². The van der Waals surface area contributed by atoms with Crippen molar-refractivity contribution in [1.82, 2.24) is 4.90 Å². The molecule has 0 radical (unpaired) electrons. The van der Waals surface area contributed by atoms with E-state index in [9.17, 15) is 4.79 Å². The van der Waals surface area contributed by atoms with Gasteiger partial charge in [-0.15, -0.1) is 0 Å². The molecule has 0 amide bonds. The van der Waals surface area contributed by atoms with E-state index in [1.807, 2.05) is 6.92 Å². The zero-order valence-corrected chi connectivity index (χ0v) is 28.0. The number of esters is 1. The monoisotopic (exact) mass is 647 g/mol. The van der Waals surface area contributed by atoms with Gasteiger partial charge in [-0.1, -0.05) is 0 Å². The van der Waals surface area contributed by atoms with Crippen molar-refractivity contribution in [3.05, 3.63) is 108 Å². The summed E-state index contributed by atoms with van der Waals surface area (Å²) in [6.07, 6.45) is 7.15. The predicted molar refractivity (Wildman–Crippen MR) is 170 cm³/mol. The Morgan fingerprint density at radius 2 is 1.15 bits per heavy atom. The van der Waals surface area contributed by atoms with E-state index in [4.69, 9.17) is 4.74 Å². The van der Waals surface area contributed by atoms with Gasteiger partial charge < -0.3 is 0 Å². The number of hydrogen-bond donors (Lipinski definition) is 0. The van der Waals surface area contributed by atoms with Gasteiger partial charge in [0, 0.05) is 0 Å². The number of nitrogens with zero attached hydrogens (tertiary/aromatic N) is 1. The Morgan fingerprint density at radius 1 is 0.725 bits per heavy atom. The van der Waals surface area contributed by atoms with E-state index < -0.39 is 21.9 Å². The predicted octanol–water partition coefficient (Wildman–Crippen LogP) is 9.52. The SMILES string of the molecule is CCC[CH2][Sn]([CH2]CCC)([CH2]CCC)[C@]1(C(=O)OCC)[C@@H](c2ccccc2)N1C(c1ccccc1)c1ccccc1. The molecule has 1 unspecified atom stereocenters. The second-order valence-electron chi connectivity index (χ2n) is 11.5. The van der Waals surface area contributed by atoms with Crippen LogP contribution >= 0.6 is 0 Å². The van der Waals surface area contributed by atoms with Crippen LogP contribution in [0.1, 0.15) is 95.0 Å². The van der Waals surface area contributed by atoms with Gasteiger partial charge in [-0.2, -0.15) is 0 Å². The van der Waals surface area contributed by atoms with Crippen molar-refractivity contribution in [3.8, 4) is 0 Å². The molecule has 0 bridgehead atoms. The molecule has 3 atom stereocenters. The molecule has 3 nitrogen and oxygen atoms in total. The number of rotatable bonds is 16. The van der Waals surface area contributed by atoms with Crippen molar-refractivity contribution in [3.63, 3.8) is 0 Å². The molecule has 0 spiro atoms. The molecular weight excluding hydrogens is 597 g/mol. The fourth-order valence-corrected chi connectivity index (χ4v) is 27.5. The summed E-state index contributed by atoms with van der Waals surface area (Å²) in [6, 6.07) is 32.6. The molecule has 0 aliphatic carbocycles. The molecule has 3 aromatic rings. The van der Waals surface area contributed by atoms with Crippen LogP contribution in [0.15, 0.2) is 91.0 Å². The number of benzene rings is 3. The molecule has 1 fully saturated rings. The van der Waals surface area contributed by atoms with Crippen LogP contribution in [-0.4, -0.2) is 39.4 Å². The average Bonchev–Trinajstić information content (AvgIpc) is 3.70. The minimum atomic E-state index is -3.33. The molecule has 0 N–H and O–H groups in total. The van der Waals surface area contributed by atoms with Crippen molar-refractivity contribution < 1.29 is 9.53 Å². The summed E-state index contributed by atoms with van der Waals surface area (Å²) < 4.78 is 9.42. The molecular formula is C36H49NO2Sn. The van der Waals surface area contributed by atoms with E-state index in [0.717, 1.165) is 0 Å². The van der Waals surface area contributed by atoms with E-state index in [2.05, 4.69) is 117 Å². The van der Waals surface area contributed by atoms with Crippen LogP contribution in [0.2, 0.25) is 13.3 Å². The quantitative estimate of drug-likeness (QED) is 0.0882. The second-order valence-corrected chi connectivity index (χ2v) is 25.3. The molecule has 0 saturated carbocycles. The van der Waals surface area contributed by atoms with Crippen LogP contribution in [0.25, 0.3) is 0 Å². The Labute approximate surface area is 247 Å². The molecule has 3 aromatic carbocycles. The van der Waals surface area contributed by atoms with Gasteiger partial charge in [0.05, 0.1) is 0 Å². The summed E-state index contributed by atoms with van der Waals surface area (Å²) in [6.45, 7) is 9.33. The Bertz CT molecular complexity index is 1110. The van der Waals surface area contributed by atoms with Crippen molar-refractivity contribution in [2.75, 3.05) is 6.61 Å². The summed E-state index contributed by atoms with van der Waals surface area (Å²) in [5, 5.41) is 0. The third-order valence-electron chi connectivity index (χ3n) is 9.06. The van der Waals surface area contributed by atoms with Crippen molar-refractivity contribution in [1.29, 1.82) is 0 Å². The summed E-state index contributed by atoms with van der Waals surface area (Å²) in [5.74, 6) is 0.0554. The Kier molecular flexibility index (Phi) is 11.3. The second kappa shape index (κ2) is 14.7. The molecule has 1 aliphatic rings. The zero-order chi connectivity index (χ0) is 28.4. The summed E-state index contributed by atoms with van der Waals surface area (Å²) in [4.78, 5) is 17.5. The van der Waals surface area contributed by atoms with Crippen LogP contribution in [0.4, 0.5) is 0 Å². The fourth-order valence-electron chi connectivity index (χ4n) is 7.22. The van der Waals surface area contributed by atoms with E-state index in [-0.39, 0.29) is 18.1 Å². The summed E-state index contributed by atoms with van der Waals surface area (Å²) in [7, 11) is 0. The molecule has 0 aromatic heterocycles. The van der Waals surface area contributed by atoms with Crippen LogP contribution in [0.3, 0.4) is 0 Å². The van der Waals surface area contributed by atoms with Crippen LogP contribution < -0.4 is 0 Å². The third-order valence-corrected chi connectivity index (χ3v) is 27.0. The van der Waals surface area contributed by atoms with Gasteiger partial charge in [-0.3, -0.25) is 0 Å². The van der Waals surface area contributed by atoms with E-state index in [0.29, 0.717) is 6.61 Å². The summed E-state index contributed by atoms with van der Waals surface area (Å²) in [5.41, 5.74) is 3.77. The molecule has 1 saturated heterocycles. The fraction of sp³-hybridized carbons (Fsp3) is 0.472. The number of carbonyl (C=O) groups is 1. The van der Waals surface area contributed by atoms with Gasteiger partial charge in [-0.25, -0.2) is 0 Å². The number of hydrogen-bond acceptors (Lipinski definition) is 3. The maximum absolute atomic E-state index is 14.8. The Morgan fingerprint density at radius 3 is 1.55 bits per heavy atom. The van der Waals surface area contributed by atoms with E-state index in [1.54, 1.807) is 0 Å². The normalized spacial score (nSPS) is 20.4.